The Morgan fingerprint density at radius 2 is 2.26 bits per heavy atom. The number of thiophene rings is 1. The number of halogens is 1. The highest BCUT2D eigenvalue weighted by atomic mass is 127. The van der Waals surface area contributed by atoms with Crippen LogP contribution in [0.2, 0.25) is 0 Å². The van der Waals surface area contributed by atoms with E-state index in [0.29, 0.717) is 19.0 Å². The smallest absolute Gasteiger partial charge is 0.191 e. The van der Waals surface area contributed by atoms with Gasteiger partial charge in [0.05, 0.1) is 6.54 Å². The van der Waals surface area contributed by atoms with E-state index in [1.54, 1.807) is 24.6 Å². The van der Waals surface area contributed by atoms with Gasteiger partial charge < -0.3 is 20.3 Å². The summed E-state index contributed by atoms with van der Waals surface area (Å²) in [5, 5.41) is 28.6. The number of aliphatic imine (C=N–C) groups is 1. The molecule has 2 aromatic heterocycles. The molecule has 0 aliphatic carbocycles. The molecule has 1 unspecified atom stereocenters. The molecule has 0 aliphatic rings. The third-order valence-corrected chi connectivity index (χ3v) is 3.95. The zero-order chi connectivity index (χ0) is 16.0. The van der Waals surface area contributed by atoms with Crippen LogP contribution in [-0.2, 0) is 19.2 Å². The number of aryl methyl sites for hydroxylation is 1. The molecule has 128 valence electrons. The fourth-order valence-electron chi connectivity index (χ4n) is 1.87. The van der Waals surface area contributed by atoms with E-state index in [9.17, 15) is 5.11 Å². The molecule has 2 aromatic rings. The Labute approximate surface area is 157 Å². The standard InChI is InChI=1S/C14H22N6OS.HI/c1-4-15-13(16-7-12-19-18-10-20(12)3)17-9-14(2,21)11-5-6-22-8-11;/h5-6,8,10,21H,4,7,9H2,1-3H3,(H2,15,16,17);1H. The highest BCUT2D eigenvalue weighted by molar-refractivity contribution is 14.0. The van der Waals surface area contributed by atoms with Gasteiger partial charge in [-0.1, -0.05) is 0 Å². The summed E-state index contributed by atoms with van der Waals surface area (Å²) >= 11 is 1.57. The first-order valence-electron chi connectivity index (χ1n) is 7.13. The van der Waals surface area contributed by atoms with Crippen molar-refractivity contribution in [2.24, 2.45) is 12.0 Å². The fraction of sp³-hybridized carbons (Fsp3) is 0.500. The third kappa shape index (κ3) is 5.74. The van der Waals surface area contributed by atoms with Crippen molar-refractivity contribution < 1.29 is 5.11 Å². The molecule has 0 saturated heterocycles. The first-order chi connectivity index (χ1) is 10.5. The summed E-state index contributed by atoms with van der Waals surface area (Å²) in [7, 11) is 1.88. The predicted octanol–water partition coefficient (Wildman–Crippen LogP) is 1.46. The van der Waals surface area contributed by atoms with Crippen LogP contribution in [0.25, 0.3) is 0 Å². The Bertz CT molecular complexity index is 611. The molecule has 0 aromatic carbocycles. The lowest BCUT2D eigenvalue weighted by atomic mass is 9.99. The van der Waals surface area contributed by atoms with Crippen molar-refractivity contribution in [3.8, 4) is 0 Å². The first kappa shape index (κ1) is 19.8. The number of nitrogens with one attached hydrogen (secondary N) is 2. The van der Waals surface area contributed by atoms with E-state index in [1.807, 2.05) is 35.4 Å². The van der Waals surface area contributed by atoms with E-state index in [2.05, 4.69) is 25.8 Å². The second-order valence-electron chi connectivity index (χ2n) is 5.19. The van der Waals surface area contributed by atoms with E-state index < -0.39 is 5.60 Å². The van der Waals surface area contributed by atoms with Gasteiger partial charge in [0.25, 0.3) is 0 Å². The van der Waals surface area contributed by atoms with Crippen molar-refractivity contribution in [1.29, 1.82) is 0 Å². The Balaban J connectivity index is 0.00000264. The molecule has 1 atom stereocenters. The lowest BCUT2D eigenvalue weighted by Crippen LogP contribution is -2.44. The zero-order valence-electron chi connectivity index (χ0n) is 13.5. The number of guanidine groups is 1. The van der Waals surface area contributed by atoms with Crippen LogP contribution >= 0.6 is 35.3 Å². The van der Waals surface area contributed by atoms with Crippen LogP contribution in [0.3, 0.4) is 0 Å². The normalized spacial score (nSPS) is 14.0. The van der Waals surface area contributed by atoms with Gasteiger partial charge >= 0.3 is 0 Å². The van der Waals surface area contributed by atoms with Gasteiger partial charge in [-0.3, -0.25) is 0 Å². The molecule has 7 nitrogen and oxygen atoms in total. The Kier molecular flexibility index (Phi) is 7.92. The summed E-state index contributed by atoms with van der Waals surface area (Å²) in [6.45, 7) is 5.32. The number of hydrogen-bond donors (Lipinski definition) is 3. The number of aliphatic hydroxyl groups is 1. The molecule has 3 N–H and O–H groups in total. The van der Waals surface area contributed by atoms with E-state index in [0.717, 1.165) is 17.9 Å². The van der Waals surface area contributed by atoms with Crippen molar-refractivity contribution >= 4 is 41.3 Å². The maximum Gasteiger partial charge on any atom is 0.191 e. The monoisotopic (exact) mass is 450 g/mol. The molecule has 23 heavy (non-hydrogen) atoms. The second kappa shape index (κ2) is 9.18. The predicted molar refractivity (Wildman–Crippen MR) is 103 cm³/mol. The summed E-state index contributed by atoms with van der Waals surface area (Å²) < 4.78 is 1.83. The molecule has 0 fully saturated rings. The molecular formula is C14H23IN6OS. The highest BCUT2D eigenvalue weighted by Crippen LogP contribution is 2.21. The van der Waals surface area contributed by atoms with Crippen LogP contribution in [0.1, 0.15) is 25.2 Å². The van der Waals surface area contributed by atoms with Crippen molar-refractivity contribution in [3.05, 3.63) is 34.5 Å². The van der Waals surface area contributed by atoms with Gasteiger partial charge in [0.2, 0.25) is 0 Å². The summed E-state index contributed by atoms with van der Waals surface area (Å²) in [5.41, 5.74) is -0.0461. The molecule has 0 spiro atoms. The Hall–Kier alpha value is -1.20. The largest absolute Gasteiger partial charge is 0.384 e. The van der Waals surface area contributed by atoms with Gasteiger partial charge in [-0.15, -0.1) is 34.2 Å². The lowest BCUT2D eigenvalue weighted by molar-refractivity contribution is 0.0621. The molecule has 9 heteroatoms. The van der Waals surface area contributed by atoms with Gasteiger partial charge in [-0.05, 0) is 36.2 Å². The molecule has 0 saturated carbocycles. The maximum atomic E-state index is 10.5. The summed E-state index contributed by atoms with van der Waals surface area (Å²) in [6, 6.07) is 1.93. The summed E-state index contributed by atoms with van der Waals surface area (Å²) in [5.74, 6) is 1.42. The van der Waals surface area contributed by atoms with Gasteiger partial charge in [0, 0.05) is 13.6 Å². The van der Waals surface area contributed by atoms with Gasteiger partial charge in [-0.2, -0.15) is 11.3 Å². The van der Waals surface area contributed by atoms with Crippen molar-refractivity contribution in [1.82, 2.24) is 25.4 Å². The molecule has 0 aliphatic heterocycles. The summed E-state index contributed by atoms with van der Waals surface area (Å²) in [6.07, 6.45) is 1.65. The minimum atomic E-state index is -0.943. The van der Waals surface area contributed by atoms with Crippen LogP contribution < -0.4 is 10.6 Å². The summed E-state index contributed by atoms with van der Waals surface area (Å²) in [4.78, 5) is 4.46. The molecular weight excluding hydrogens is 427 g/mol. The minimum absolute atomic E-state index is 0. The Morgan fingerprint density at radius 1 is 1.48 bits per heavy atom. The Morgan fingerprint density at radius 3 is 2.83 bits per heavy atom. The van der Waals surface area contributed by atoms with Gasteiger partial charge in [0.15, 0.2) is 11.8 Å². The molecule has 0 radical (unpaired) electrons. The van der Waals surface area contributed by atoms with Crippen LogP contribution in [0, 0.1) is 0 Å². The highest BCUT2D eigenvalue weighted by Gasteiger charge is 2.23. The van der Waals surface area contributed by atoms with Crippen LogP contribution in [0.5, 0.6) is 0 Å². The number of rotatable bonds is 6. The average molecular weight is 450 g/mol. The second-order valence-corrected chi connectivity index (χ2v) is 5.97. The quantitative estimate of drug-likeness (QED) is 0.353. The maximum absolute atomic E-state index is 10.5. The molecule has 2 heterocycles. The third-order valence-electron chi connectivity index (χ3n) is 3.27. The topological polar surface area (TPSA) is 87.4 Å². The number of hydrogen-bond acceptors (Lipinski definition) is 5. The van der Waals surface area contributed by atoms with Crippen molar-refractivity contribution in [2.45, 2.75) is 26.0 Å². The zero-order valence-corrected chi connectivity index (χ0v) is 16.6. The van der Waals surface area contributed by atoms with Crippen molar-refractivity contribution in [3.63, 3.8) is 0 Å². The lowest BCUT2D eigenvalue weighted by Gasteiger charge is -2.24. The van der Waals surface area contributed by atoms with Crippen LogP contribution in [0.15, 0.2) is 28.1 Å². The SMILES string of the molecule is CCNC(=NCc1nncn1C)NCC(C)(O)c1ccsc1.I. The fourth-order valence-corrected chi connectivity index (χ4v) is 2.65. The average Bonchev–Trinajstić information content (AvgIpc) is 3.14. The number of aromatic nitrogens is 3. The van der Waals surface area contributed by atoms with E-state index in [-0.39, 0.29) is 24.0 Å². The van der Waals surface area contributed by atoms with Gasteiger partial charge in [0.1, 0.15) is 18.5 Å². The van der Waals surface area contributed by atoms with Gasteiger partial charge in [-0.25, -0.2) is 4.99 Å². The van der Waals surface area contributed by atoms with E-state index in [1.165, 1.54) is 0 Å². The van der Waals surface area contributed by atoms with Crippen LogP contribution in [0.4, 0.5) is 0 Å². The van der Waals surface area contributed by atoms with Crippen LogP contribution in [-0.4, -0.2) is 38.9 Å². The molecule has 0 amide bonds. The minimum Gasteiger partial charge on any atom is -0.384 e. The van der Waals surface area contributed by atoms with E-state index >= 15 is 0 Å². The first-order valence-corrected chi connectivity index (χ1v) is 8.07. The van der Waals surface area contributed by atoms with E-state index in [4.69, 9.17) is 0 Å². The van der Waals surface area contributed by atoms with Crippen molar-refractivity contribution in [2.75, 3.05) is 13.1 Å². The molecule has 0 bridgehead atoms. The number of nitrogens with zero attached hydrogens (tertiary/aromatic N) is 4. The molecule has 2 rings (SSSR count).